The minimum Gasteiger partial charge on any atom is -0.492 e. The third-order valence-corrected chi connectivity index (χ3v) is 3.85. The normalized spacial score (nSPS) is 13.2. The monoisotopic (exact) mass is 278 g/mol. The first-order valence-electron chi connectivity index (χ1n) is 7.02. The van der Waals surface area contributed by atoms with E-state index in [4.69, 9.17) is 9.15 Å². The summed E-state index contributed by atoms with van der Waals surface area (Å²) in [7, 11) is 0. The first-order chi connectivity index (χ1) is 10.2. The number of hydrogen-bond donors (Lipinski definition) is 0. The molecule has 0 unspecified atom stereocenters. The number of fused-ring (bicyclic) bond motifs is 2. The lowest BCUT2D eigenvalue weighted by molar-refractivity contribution is 0.101. The van der Waals surface area contributed by atoms with Crippen LogP contribution in [0.5, 0.6) is 5.75 Å². The molecule has 0 atom stereocenters. The summed E-state index contributed by atoms with van der Waals surface area (Å²) in [4.78, 5) is 12.7. The van der Waals surface area contributed by atoms with Gasteiger partial charge in [-0.2, -0.15) is 0 Å². The first kappa shape index (κ1) is 12.2. The van der Waals surface area contributed by atoms with Gasteiger partial charge in [0, 0.05) is 11.8 Å². The Balaban J connectivity index is 1.82. The Morgan fingerprint density at radius 2 is 2.05 bits per heavy atom. The number of carbonyl (C=O) groups is 1. The molecule has 3 heteroatoms. The summed E-state index contributed by atoms with van der Waals surface area (Å²) in [5.74, 6) is 0.946. The molecule has 2 heterocycles. The highest BCUT2D eigenvalue weighted by Gasteiger charge is 2.23. The SMILES string of the molecule is Cc1ccc2oc(C(=O)c3cccc4c3OCC4)cc2c1. The summed E-state index contributed by atoms with van der Waals surface area (Å²) in [5.41, 5.74) is 3.55. The molecule has 1 aliphatic heterocycles. The Kier molecular flexibility index (Phi) is 2.61. The minimum absolute atomic E-state index is 0.123. The summed E-state index contributed by atoms with van der Waals surface area (Å²) in [6.07, 6.45) is 0.857. The molecule has 0 bridgehead atoms. The van der Waals surface area contributed by atoms with E-state index in [2.05, 4.69) is 0 Å². The first-order valence-corrected chi connectivity index (χ1v) is 7.02. The van der Waals surface area contributed by atoms with Crippen LogP contribution in [0, 0.1) is 6.92 Å². The molecule has 0 radical (unpaired) electrons. The van der Waals surface area contributed by atoms with Gasteiger partial charge in [0.05, 0.1) is 12.2 Å². The molecule has 2 aromatic carbocycles. The zero-order valence-electron chi connectivity index (χ0n) is 11.7. The van der Waals surface area contributed by atoms with Crippen molar-refractivity contribution in [3.8, 4) is 5.75 Å². The van der Waals surface area contributed by atoms with Gasteiger partial charge in [0.15, 0.2) is 5.76 Å². The number of rotatable bonds is 2. The van der Waals surface area contributed by atoms with E-state index in [-0.39, 0.29) is 5.78 Å². The number of ether oxygens (including phenoxy) is 1. The number of hydrogen-bond acceptors (Lipinski definition) is 3. The van der Waals surface area contributed by atoms with Gasteiger partial charge >= 0.3 is 0 Å². The van der Waals surface area contributed by atoms with Crippen molar-refractivity contribution in [1.29, 1.82) is 0 Å². The second-order valence-corrected chi connectivity index (χ2v) is 5.37. The van der Waals surface area contributed by atoms with E-state index >= 15 is 0 Å². The van der Waals surface area contributed by atoms with Crippen molar-refractivity contribution in [2.45, 2.75) is 13.3 Å². The fourth-order valence-electron chi connectivity index (χ4n) is 2.80. The molecule has 104 valence electrons. The fraction of sp³-hybridized carbons (Fsp3) is 0.167. The molecule has 1 aliphatic rings. The van der Waals surface area contributed by atoms with E-state index in [0.29, 0.717) is 23.7 Å². The standard InChI is InChI=1S/C18H14O3/c1-11-5-6-15-13(9-11)10-16(21-15)17(19)14-4-2-3-12-7-8-20-18(12)14/h2-6,9-10H,7-8H2,1H3. The Morgan fingerprint density at radius 1 is 1.14 bits per heavy atom. The van der Waals surface area contributed by atoms with Crippen LogP contribution in [0.1, 0.15) is 27.2 Å². The van der Waals surface area contributed by atoms with Crippen LogP contribution in [0.3, 0.4) is 0 Å². The molecule has 4 rings (SSSR count). The highest BCUT2D eigenvalue weighted by atomic mass is 16.5. The van der Waals surface area contributed by atoms with Gasteiger partial charge in [-0.15, -0.1) is 0 Å². The zero-order chi connectivity index (χ0) is 14.4. The predicted octanol–water partition coefficient (Wildman–Crippen LogP) is 3.91. The van der Waals surface area contributed by atoms with Crippen LogP contribution in [0.2, 0.25) is 0 Å². The maximum Gasteiger partial charge on any atom is 0.231 e. The Morgan fingerprint density at radius 3 is 2.95 bits per heavy atom. The average Bonchev–Trinajstić information content (AvgIpc) is 3.11. The van der Waals surface area contributed by atoms with E-state index in [1.54, 1.807) is 12.1 Å². The molecule has 0 amide bonds. The van der Waals surface area contributed by atoms with Gasteiger partial charge < -0.3 is 9.15 Å². The number of para-hydroxylation sites is 1. The topological polar surface area (TPSA) is 39.4 Å². The molecule has 0 spiro atoms. The van der Waals surface area contributed by atoms with Gasteiger partial charge in [0.2, 0.25) is 5.78 Å². The molecule has 3 aromatic rings. The van der Waals surface area contributed by atoms with Gasteiger partial charge in [0.25, 0.3) is 0 Å². The summed E-state index contributed by atoms with van der Waals surface area (Å²) >= 11 is 0. The summed E-state index contributed by atoms with van der Waals surface area (Å²) in [6.45, 7) is 2.66. The molecule has 0 N–H and O–H groups in total. The van der Waals surface area contributed by atoms with Crippen LogP contribution in [0.25, 0.3) is 11.0 Å². The van der Waals surface area contributed by atoms with E-state index < -0.39 is 0 Å². The van der Waals surface area contributed by atoms with E-state index in [1.807, 2.05) is 37.3 Å². The molecule has 0 saturated carbocycles. The van der Waals surface area contributed by atoms with Crippen LogP contribution in [0.4, 0.5) is 0 Å². The van der Waals surface area contributed by atoms with Gasteiger partial charge in [-0.25, -0.2) is 0 Å². The number of ketones is 1. The maximum absolute atomic E-state index is 12.7. The average molecular weight is 278 g/mol. The largest absolute Gasteiger partial charge is 0.492 e. The van der Waals surface area contributed by atoms with Crippen molar-refractivity contribution in [3.05, 3.63) is 64.9 Å². The second kappa shape index (κ2) is 4.48. The van der Waals surface area contributed by atoms with Crippen LogP contribution in [-0.2, 0) is 6.42 Å². The Labute approximate surface area is 122 Å². The van der Waals surface area contributed by atoms with Gasteiger partial charge in [-0.1, -0.05) is 23.8 Å². The van der Waals surface area contributed by atoms with Crippen LogP contribution >= 0.6 is 0 Å². The lowest BCUT2D eigenvalue weighted by Crippen LogP contribution is -2.02. The molecule has 21 heavy (non-hydrogen) atoms. The van der Waals surface area contributed by atoms with Crippen LogP contribution < -0.4 is 4.74 Å². The van der Waals surface area contributed by atoms with E-state index in [9.17, 15) is 4.79 Å². The Hall–Kier alpha value is -2.55. The molecule has 3 nitrogen and oxygen atoms in total. The summed E-state index contributed by atoms with van der Waals surface area (Å²) in [5, 5.41) is 0.951. The van der Waals surface area contributed by atoms with E-state index in [0.717, 1.165) is 28.5 Å². The third-order valence-electron chi connectivity index (χ3n) is 3.85. The van der Waals surface area contributed by atoms with Crippen molar-refractivity contribution in [2.24, 2.45) is 0 Å². The predicted molar refractivity (Wildman–Crippen MR) is 80.0 cm³/mol. The van der Waals surface area contributed by atoms with Crippen LogP contribution in [-0.4, -0.2) is 12.4 Å². The van der Waals surface area contributed by atoms with Crippen molar-refractivity contribution < 1.29 is 13.9 Å². The van der Waals surface area contributed by atoms with E-state index in [1.165, 1.54) is 0 Å². The second-order valence-electron chi connectivity index (χ2n) is 5.37. The quantitative estimate of drug-likeness (QED) is 0.667. The number of furan rings is 1. The van der Waals surface area contributed by atoms with Gasteiger partial charge in [-0.05, 0) is 36.8 Å². The highest BCUT2D eigenvalue weighted by Crippen LogP contribution is 2.32. The molecular formula is C18H14O3. The number of carbonyl (C=O) groups excluding carboxylic acids is 1. The fourth-order valence-corrected chi connectivity index (χ4v) is 2.80. The summed E-state index contributed by atoms with van der Waals surface area (Å²) < 4.78 is 11.3. The van der Waals surface area contributed by atoms with Crippen molar-refractivity contribution >= 4 is 16.8 Å². The lowest BCUT2D eigenvalue weighted by Gasteiger charge is -2.04. The molecule has 0 fully saturated rings. The van der Waals surface area contributed by atoms with Crippen molar-refractivity contribution in [3.63, 3.8) is 0 Å². The van der Waals surface area contributed by atoms with Crippen molar-refractivity contribution in [2.75, 3.05) is 6.61 Å². The maximum atomic E-state index is 12.7. The third kappa shape index (κ3) is 1.93. The smallest absolute Gasteiger partial charge is 0.231 e. The molecular weight excluding hydrogens is 264 g/mol. The summed E-state index contributed by atoms with van der Waals surface area (Å²) in [6, 6.07) is 13.4. The van der Waals surface area contributed by atoms with Crippen molar-refractivity contribution in [1.82, 2.24) is 0 Å². The molecule has 1 aromatic heterocycles. The lowest BCUT2D eigenvalue weighted by atomic mass is 10.0. The zero-order valence-corrected chi connectivity index (χ0v) is 11.7. The number of benzene rings is 2. The minimum atomic E-state index is -0.123. The highest BCUT2D eigenvalue weighted by molar-refractivity contribution is 6.11. The van der Waals surface area contributed by atoms with Gasteiger partial charge in [0.1, 0.15) is 11.3 Å². The molecule has 0 saturated heterocycles. The Bertz CT molecular complexity index is 858. The number of aryl methyl sites for hydroxylation is 1. The molecule has 0 aliphatic carbocycles. The van der Waals surface area contributed by atoms with Crippen LogP contribution in [0.15, 0.2) is 46.9 Å². The van der Waals surface area contributed by atoms with Gasteiger partial charge in [-0.3, -0.25) is 4.79 Å².